The van der Waals surface area contributed by atoms with Crippen LogP contribution in [0.4, 0.5) is 0 Å². The van der Waals surface area contributed by atoms with Gasteiger partial charge in [-0.25, -0.2) is 4.98 Å². The van der Waals surface area contributed by atoms with Gasteiger partial charge in [-0.05, 0) is 24.3 Å². The number of carbonyl (C=O) groups excluding carboxylic acids is 1. The normalized spacial score (nSPS) is 12.1. The number of benzene rings is 1. The fourth-order valence-electron chi connectivity index (χ4n) is 2.67. The first-order chi connectivity index (χ1) is 12.7. The molecule has 2 aromatic heterocycles. The number of ether oxygens (including phenoxy) is 1. The molecule has 0 fully saturated rings. The lowest BCUT2D eigenvalue weighted by molar-refractivity contribution is -0.117. The zero-order valence-corrected chi connectivity index (χ0v) is 14.7. The smallest absolute Gasteiger partial charge is 0.244 e. The Morgan fingerprint density at radius 3 is 2.65 bits per heavy atom. The van der Waals surface area contributed by atoms with Gasteiger partial charge in [0.2, 0.25) is 5.91 Å². The Bertz CT molecular complexity index is 903. The Hall–Kier alpha value is -3.41. The number of nitrogens with one attached hydrogen (secondary N) is 1. The van der Waals surface area contributed by atoms with Gasteiger partial charge in [0.25, 0.3) is 0 Å². The van der Waals surface area contributed by atoms with Crippen LogP contribution in [0, 0.1) is 0 Å². The summed E-state index contributed by atoms with van der Waals surface area (Å²) >= 11 is 0. The van der Waals surface area contributed by atoms with E-state index in [1.165, 1.54) is 6.08 Å². The van der Waals surface area contributed by atoms with E-state index in [2.05, 4.69) is 15.3 Å². The van der Waals surface area contributed by atoms with Crippen molar-refractivity contribution < 1.29 is 9.53 Å². The molecule has 0 saturated carbocycles. The third-order valence-electron chi connectivity index (χ3n) is 3.95. The van der Waals surface area contributed by atoms with Crippen molar-refractivity contribution >= 4 is 12.0 Å². The standard InChI is InChI=1S/C20H20N4O2/c1-24-14-13-22-20(24)19(16-8-3-4-9-17(16)26-2)23-18(25)11-10-15-7-5-6-12-21-15/h3-14,19H,1-2H3,(H,23,25)/b11-10+. The molecule has 0 saturated heterocycles. The topological polar surface area (TPSA) is 69.0 Å². The summed E-state index contributed by atoms with van der Waals surface area (Å²) in [6.07, 6.45) is 8.37. The molecule has 0 radical (unpaired) electrons. The van der Waals surface area contributed by atoms with Gasteiger partial charge in [-0.3, -0.25) is 9.78 Å². The summed E-state index contributed by atoms with van der Waals surface area (Å²) < 4.78 is 7.33. The minimum absolute atomic E-state index is 0.241. The van der Waals surface area contributed by atoms with Crippen LogP contribution in [0.1, 0.15) is 23.1 Å². The number of aryl methyl sites for hydroxylation is 1. The number of para-hydroxylation sites is 1. The molecule has 1 aromatic carbocycles. The van der Waals surface area contributed by atoms with Gasteiger partial charge in [0.15, 0.2) is 0 Å². The lowest BCUT2D eigenvalue weighted by Crippen LogP contribution is -2.30. The number of nitrogens with zero attached hydrogens (tertiary/aromatic N) is 3. The zero-order valence-electron chi connectivity index (χ0n) is 14.7. The summed E-state index contributed by atoms with van der Waals surface area (Å²) in [5.41, 5.74) is 1.55. The molecule has 132 valence electrons. The molecule has 1 N–H and O–H groups in total. The van der Waals surface area contributed by atoms with Gasteiger partial charge in [-0.1, -0.05) is 24.3 Å². The first-order valence-electron chi connectivity index (χ1n) is 8.19. The van der Waals surface area contributed by atoms with Crippen LogP contribution in [-0.4, -0.2) is 27.6 Å². The lowest BCUT2D eigenvalue weighted by atomic mass is 10.0. The average Bonchev–Trinajstić information content (AvgIpc) is 3.11. The van der Waals surface area contributed by atoms with Crippen LogP contribution < -0.4 is 10.1 Å². The molecule has 0 aliphatic heterocycles. The van der Waals surface area contributed by atoms with E-state index < -0.39 is 6.04 Å². The average molecular weight is 348 g/mol. The highest BCUT2D eigenvalue weighted by Crippen LogP contribution is 2.28. The maximum absolute atomic E-state index is 12.5. The molecule has 6 nitrogen and oxygen atoms in total. The van der Waals surface area contributed by atoms with Crippen molar-refractivity contribution in [2.75, 3.05) is 7.11 Å². The Morgan fingerprint density at radius 2 is 1.96 bits per heavy atom. The van der Waals surface area contributed by atoms with Gasteiger partial charge >= 0.3 is 0 Å². The Labute approximate surface area is 152 Å². The summed E-state index contributed by atoms with van der Waals surface area (Å²) in [7, 11) is 3.50. The molecule has 1 atom stereocenters. The molecule has 26 heavy (non-hydrogen) atoms. The number of aromatic nitrogens is 3. The quantitative estimate of drug-likeness (QED) is 0.696. The molecule has 3 rings (SSSR count). The second-order valence-electron chi connectivity index (χ2n) is 5.67. The minimum atomic E-state index is -0.438. The number of hydrogen-bond donors (Lipinski definition) is 1. The van der Waals surface area contributed by atoms with Crippen LogP contribution in [0.5, 0.6) is 5.75 Å². The Morgan fingerprint density at radius 1 is 1.15 bits per heavy atom. The summed E-state index contributed by atoms with van der Waals surface area (Å²) in [5.74, 6) is 1.16. The molecule has 1 unspecified atom stereocenters. The van der Waals surface area contributed by atoms with E-state index in [1.54, 1.807) is 25.6 Å². The molecule has 3 aromatic rings. The number of carbonyl (C=O) groups is 1. The highest BCUT2D eigenvalue weighted by Gasteiger charge is 2.23. The third-order valence-corrected chi connectivity index (χ3v) is 3.95. The van der Waals surface area contributed by atoms with E-state index in [0.29, 0.717) is 17.3 Å². The highest BCUT2D eigenvalue weighted by molar-refractivity contribution is 5.92. The molecule has 0 aliphatic rings. The molecule has 0 aliphatic carbocycles. The Kier molecular flexibility index (Phi) is 5.43. The predicted octanol–water partition coefficient (Wildman–Crippen LogP) is 2.74. The van der Waals surface area contributed by atoms with Crippen LogP contribution in [0.3, 0.4) is 0 Å². The largest absolute Gasteiger partial charge is 0.496 e. The summed E-state index contributed by atoms with van der Waals surface area (Å²) in [6.45, 7) is 0. The molecule has 0 spiro atoms. The van der Waals surface area contributed by atoms with Crippen molar-refractivity contribution in [3.8, 4) is 5.75 Å². The van der Waals surface area contributed by atoms with Crippen LogP contribution in [0.2, 0.25) is 0 Å². The van der Waals surface area contributed by atoms with Crippen LogP contribution in [0.25, 0.3) is 6.08 Å². The van der Waals surface area contributed by atoms with Crippen molar-refractivity contribution in [2.24, 2.45) is 7.05 Å². The molecule has 1 amide bonds. The first kappa shape index (κ1) is 17.4. The minimum Gasteiger partial charge on any atom is -0.496 e. The van der Waals surface area contributed by atoms with Crippen LogP contribution >= 0.6 is 0 Å². The van der Waals surface area contributed by atoms with Gasteiger partial charge in [0.1, 0.15) is 17.6 Å². The van der Waals surface area contributed by atoms with Crippen molar-refractivity contribution in [2.45, 2.75) is 6.04 Å². The summed E-state index contributed by atoms with van der Waals surface area (Å²) in [5, 5.41) is 3.00. The second kappa shape index (κ2) is 8.11. The number of hydrogen-bond acceptors (Lipinski definition) is 4. The van der Waals surface area contributed by atoms with Crippen molar-refractivity contribution in [1.29, 1.82) is 0 Å². The van der Waals surface area contributed by atoms with Gasteiger partial charge in [-0.15, -0.1) is 0 Å². The highest BCUT2D eigenvalue weighted by atomic mass is 16.5. The fraction of sp³-hybridized carbons (Fsp3) is 0.150. The molecular weight excluding hydrogens is 328 g/mol. The monoisotopic (exact) mass is 348 g/mol. The lowest BCUT2D eigenvalue weighted by Gasteiger charge is -2.20. The number of imidazole rings is 1. The van der Waals surface area contributed by atoms with Crippen LogP contribution in [-0.2, 0) is 11.8 Å². The SMILES string of the molecule is COc1ccccc1C(NC(=O)/C=C/c1ccccn1)c1nccn1C. The Balaban J connectivity index is 1.88. The van der Waals surface area contributed by atoms with E-state index in [9.17, 15) is 4.79 Å². The van der Waals surface area contributed by atoms with Gasteiger partial charge in [-0.2, -0.15) is 0 Å². The van der Waals surface area contributed by atoms with E-state index >= 15 is 0 Å². The van der Waals surface area contributed by atoms with Crippen molar-refractivity contribution in [3.05, 3.63) is 84.2 Å². The number of amides is 1. The fourth-order valence-corrected chi connectivity index (χ4v) is 2.67. The third kappa shape index (κ3) is 3.97. The zero-order chi connectivity index (χ0) is 18.4. The summed E-state index contributed by atoms with van der Waals surface area (Å²) in [6, 6.07) is 12.7. The van der Waals surface area contributed by atoms with Crippen LogP contribution in [0.15, 0.2) is 67.1 Å². The number of pyridine rings is 1. The molecular formula is C20H20N4O2. The van der Waals surface area contributed by atoms with Gasteiger partial charge in [0, 0.05) is 37.3 Å². The van der Waals surface area contributed by atoms with E-state index in [4.69, 9.17) is 4.74 Å². The maximum Gasteiger partial charge on any atom is 0.244 e. The van der Waals surface area contributed by atoms with E-state index in [0.717, 1.165) is 5.56 Å². The van der Waals surface area contributed by atoms with Crippen molar-refractivity contribution in [3.63, 3.8) is 0 Å². The number of rotatable bonds is 6. The summed E-state index contributed by atoms with van der Waals surface area (Å²) in [4.78, 5) is 21.1. The second-order valence-corrected chi connectivity index (χ2v) is 5.67. The maximum atomic E-state index is 12.5. The predicted molar refractivity (Wildman–Crippen MR) is 99.5 cm³/mol. The number of methoxy groups -OCH3 is 1. The molecule has 6 heteroatoms. The van der Waals surface area contributed by atoms with E-state index in [1.807, 2.05) is 60.3 Å². The molecule has 0 bridgehead atoms. The van der Waals surface area contributed by atoms with Gasteiger partial charge < -0.3 is 14.6 Å². The first-order valence-corrected chi connectivity index (χ1v) is 8.19. The molecule has 2 heterocycles. The van der Waals surface area contributed by atoms with E-state index in [-0.39, 0.29) is 5.91 Å². The van der Waals surface area contributed by atoms with Gasteiger partial charge in [0.05, 0.1) is 12.8 Å². The van der Waals surface area contributed by atoms with Crippen molar-refractivity contribution in [1.82, 2.24) is 19.9 Å².